The van der Waals surface area contributed by atoms with E-state index in [0.29, 0.717) is 11.1 Å². The summed E-state index contributed by atoms with van der Waals surface area (Å²) in [5, 5.41) is -0.110. The zero-order valence-corrected chi connectivity index (χ0v) is 10.7. The maximum Gasteiger partial charge on any atom is 0.261 e. The number of hydrogen-bond acceptors (Lipinski definition) is 2. The zero-order chi connectivity index (χ0) is 12.7. The molecule has 1 saturated carbocycles. The lowest BCUT2D eigenvalue weighted by atomic mass is 9.93. The highest BCUT2D eigenvalue weighted by Crippen LogP contribution is 2.33. The number of carbonyl (C=O) groups is 2. The summed E-state index contributed by atoms with van der Waals surface area (Å²) in [6.07, 6.45) is 3.80. The molecule has 2 atom stereocenters. The Labute approximate surface area is 111 Å². The summed E-state index contributed by atoms with van der Waals surface area (Å²) in [5.41, 5.74) is 1.02. The van der Waals surface area contributed by atoms with Crippen LogP contribution in [0.4, 0.5) is 0 Å². The van der Waals surface area contributed by atoms with Crippen molar-refractivity contribution < 1.29 is 9.59 Å². The molecule has 2 aliphatic rings. The highest BCUT2D eigenvalue weighted by Gasteiger charge is 2.42. The van der Waals surface area contributed by atoms with Crippen LogP contribution < -0.4 is 0 Å². The molecule has 3 rings (SSSR count). The van der Waals surface area contributed by atoms with Crippen LogP contribution in [0, 0.1) is 0 Å². The molecule has 0 radical (unpaired) electrons. The lowest BCUT2D eigenvalue weighted by molar-refractivity contribution is 0.0553. The average Bonchev–Trinajstić information content (AvgIpc) is 2.64. The maximum atomic E-state index is 12.3. The van der Waals surface area contributed by atoms with Crippen molar-refractivity contribution >= 4 is 23.4 Å². The van der Waals surface area contributed by atoms with E-state index < -0.39 is 0 Å². The predicted octanol–water partition coefficient (Wildman–Crippen LogP) is 2.83. The van der Waals surface area contributed by atoms with E-state index in [9.17, 15) is 9.59 Å². The second kappa shape index (κ2) is 4.39. The van der Waals surface area contributed by atoms with E-state index in [0.717, 1.165) is 25.7 Å². The van der Waals surface area contributed by atoms with Crippen molar-refractivity contribution in [3.63, 3.8) is 0 Å². The van der Waals surface area contributed by atoms with E-state index in [4.69, 9.17) is 11.6 Å². The molecule has 2 amide bonds. The zero-order valence-electron chi connectivity index (χ0n) is 9.93. The van der Waals surface area contributed by atoms with E-state index >= 15 is 0 Å². The van der Waals surface area contributed by atoms with Gasteiger partial charge in [-0.3, -0.25) is 14.5 Å². The Kier molecular flexibility index (Phi) is 2.86. The molecule has 94 valence electrons. The minimum absolute atomic E-state index is 0.110. The van der Waals surface area contributed by atoms with E-state index in [-0.39, 0.29) is 23.2 Å². The third-order valence-corrected chi connectivity index (χ3v) is 4.31. The first-order valence-corrected chi connectivity index (χ1v) is 6.75. The average molecular weight is 264 g/mol. The van der Waals surface area contributed by atoms with E-state index in [2.05, 4.69) is 0 Å². The second-order valence-electron chi connectivity index (χ2n) is 4.89. The number of benzene rings is 1. The van der Waals surface area contributed by atoms with Crippen LogP contribution in [0.3, 0.4) is 0 Å². The molecule has 1 fully saturated rings. The highest BCUT2D eigenvalue weighted by molar-refractivity contribution is 6.24. The molecule has 1 aromatic rings. The van der Waals surface area contributed by atoms with Crippen LogP contribution in [0.5, 0.6) is 0 Å². The number of amides is 2. The van der Waals surface area contributed by atoms with Crippen LogP contribution in [0.2, 0.25) is 0 Å². The van der Waals surface area contributed by atoms with Crippen molar-refractivity contribution in [2.45, 2.75) is 37.1 Å². The molecular weight excluding hydrogens is 250 g/mol. The van der Waals surface area contributed by atoms with Crippen LogP contribution >= 0.6 is 11.6 Å². The summed E-state index contributed by atoms with van der Waals surface area (Å²) in [5.74, 6) is -0.374. The van der Waals surface area contributed by atoms with Gasteiger partial charge < -0.3 is 0 Å². The van der Waals surface area contributed by atoms with Crippen molar-refractivity contribution in [1.29, 1.82) is 0 Å². The van der Waals surface area contributed by atoms with Gasteiger partial charge in [0.15, 0.2) is 0 Å². The Morgan fingerprint density at radius 3 is 2.11 bits per heavy atom. The molecule has 1 heterocycles. The Morgan fingerprint density at radius 2 is 1.56 bits per heavy atom. The van der Waals surface area contributed by atoms with Crippen LogP contribution in [-0.4, -0.2) is 28.1 Å². The summed E-state index contributed by atoms with van der Waals surface area (Å²) < 4.78 is 0. The number of rotatable bonds is 1. The Bertz CT molecular complexity index is 479. The molecule has 0 spiro atoms. The lowest BCUT2D eigenvalue weighted by Gasteiger charge is -2.33. The van der Waals surface area contributed by atoms with Gasteiger partial charge in [-0.05, 0) is 25.0 Å². The first kappa shape index (κ1) is 11.7. The van der Waals surface area contributed by atoms with Crippen LogP contribution in [0.15, 0.2) is 24.3 Å². The molecule has 3 nitrogen and oxygen atoms in total. The molecule has 4 heteroatoms. The summed E-state index contributed by atoms with van der Waals surface area (Å²) in [6, 6.07) is 6.84. The van der Waals surface area contributed by atoms with Gasteiger partial charge in [0.05, 0.1) is 22.5 Å². The Morgan fingerprint density at radius 1 is 1.00 bits per heavy atom. The van der Waals surface area contributed by atoms with E-state index in [1.807, 2.05) is 0 Å². The molecule has 1 aromatic carbocycles. The summed E-state index contributed by atoms with van der Waals surface area (Å²) in [7, 11) is 0. The number of hydrogen-bond donors (Lipinski definition) is 0. The van der Waals surface area contributed by atoms with Gasteiger partial charge in [0, 0.05) is 0 Å². The van der Waals surface area contributed by atoms with Crippen molar-refractivity contribution in [3.8, 4) is 0 Å². The van der Waals surface area contributed by atoms with Gasteiger partial charge in [0.1, 0.15) is 0 Å². The van der Waals surface area contributed by atoms with Crippen molar-refractivity contribution in [1.82, 2.24) is 4.90 Å². The molecule has 0 bridgehead atoms. The predicted molar refractivity (Wildman–Crippen MR) is 68.8 cm³/mol. The SMILES string of the molecule is O=C1c2ccccc2C(=O)N1[C@H]1CCCC[C@@H]1Cl. The molecular formula is C14H14ClNO2. The fraction of sp³-hybridized carbons (Fsp3) is 0.429. The fourth-order valence-electron chi connectivity index (χ4n) is 2.87. The largest absolute Gasteiger partial charge is 0.270 e. The van der Waals surface area contributed by atoms with Crippen molar-refractivity contribution in [2.24, 2.45) is 0 Å². The molecule has 0 aromatic heterocycles. The quantitative estimate of drug-likeness (QED) is 0.577. The van der Waals surface area contributed by atoms with Gasteiger partial charge >= 0.3 is 0 Å². The first-order valence-electron chi connectivity index (χ1n) is 6.31. The molecule has 1 aliphatic heterocycles. The molecule has 0 unspecified atom stereocenters. The molecule has 0 saturated heterocycles. The number of halogens is 1. The Hall–Kier alpha value is -1.35. The number of carbonyl (C=O) groups excluding carboxylic acids is 2. The van der Waals surface area contributed by atoms with Crippen LogP contribution in [-0.2, 0) is 0 Å². The molecule has 18 heavy (non-hydrogen) atoms. The highest BCUT2D eigenvalue weighted by atomic mass is 35.5. The van der Waals surface area contributed by atoms with Gasteiger partial charge in [-0.1, -0.05) is 25.0 Å². The monoisotopic (exact) mass is 263 g/mol. The van der Waals surface area contributed by atoms with Gasteiger partial charge in [0.2, 0.25) is 0 Å². The minimum Gasteiger partial charge on any atom is -0.270 e. The number of nitrogens with zero attached hydrogens (tertiary/aromatic N) is 1. The number of alkyl halides is 1. The minimum atomic E-state index is -0.187. The Balaban J connectivity index is 1.96. The van der Waals surface area contributed by atoms with Crippen LogP contribution in [0.25, 0.3) is 0 Å². The van der Waals surface area contributed by atoms with E-state index in [1.54, 1.807) is 24.3 Å². The molecule has 1 aliphatic carbocycles. The third-order valence-electron chi connectivity index (χ3n) is 3.80. The second-order valence-corrected chi connectivity index (χ2v) is 5.45. The van der Waals surface area contributed by atoms with Crippen molar-refractivity contribution in [3.05, 3.63) is 35.4 Å². The standard InChI is InChI=1S/C14H14ClNO2/c15-11-7-3-4-8-12(11)16-13(17)9-5-1-2-6-10(9)14(16)18/h1-2,5-6,11-12H,3-4,7-8H2/t11-,12-/m0/s1. The lowest BCUT2D eigenvalue weighted by Crippen LogP contribution is -2.46. The molecule has 0 N–H and O–H groups in total. The van der Waals surface area contributed by atoms with Gasteiger partial charge in [0.25, 0.3) is 11.8 Å². The van der Waals surface area contributed by atoms with Gasteiger partial charge in [-0.2, -0.15) is 0 Å². The smallest absolute Gasteiger partial charge is 0.261 e. The number of imide groups is 1. The summed E-state index contributed by atoms with van der Waals surface area (Å²) in [6.45, 7) is 0. The van der Waals surface area contributed by atoms with Crippen molar-refractivity contribution in [2.75, 3.05) is 0 Å². The van der Waals surface area contributed by atoms with E-state index in [1.165, 1.54) is 4.90 Å². The maximum absolute atomic E-state index is 12.3. The van der Waals surface area contributed by atoms with Gasteiger partial charge in [-0.25, -0.2) is 0 Å². The first-order chi connectivity index (χ1) is 8.70. The topological polar surface area (TPSA) is 37.4 Å². The summed E-state index contributed by atoms with van der Waals surface area (Å²) >= 11 is 6.29. The third kappa shape index (κ3) is 1.65. The van der Waals surface area contributed by atoms with Crippen LogP contribution in [0.1, 0.15) is 46.4 Å². The fourth-order valence-corrected chi connectivity index (χ4v) is 3.26. The number of fused-ring (bicyclic) bond motifs is 1. The van der Waals surface area contributed by atoms with Gasteiger partial charge in [-0.15, -0.1) is 11.6 Å². The summed E-state index contributed by atoms with van der Waals surface area (Å²) in [4.78, 5) is 26.0. The normalized spacial score (nSPS) is 27.5.